The average Bonchev–Trinajstić information content (AvgIpc) is 2.84. The molecule has 0 radical (unpaired) electrons. The van der Waals surface area contributed by atoms with Crippen molar-refractivity contribution >= 4 is 16.8 Å². The van der Waals surface area contributed by atoms with Gasteiger partial charge >= 0.3 is 0 Å². The van der Waals surface area contributed by atoms with E-state index in [0.29, 0.717) is 16.5 Å². The molecule has 0 saturated carbocycles. The topological polar surface area (TPSA) is 76.7 Å². The van der Waals surface area contributed by atoms with Crippen molar-refractivity contribution in [1.29, 1.82) is 0 Å². The Balaban J connectivity index is 1.76. The van der Waals surface area contributed by atoms with Crippen LogP contribution in [0.5, 0.6) is 11.7 Å². The number of hydrogen-bond acceptors (Lipinski definition) is 5. The van der Waals surface area contributed by atoms with Crippen LogP contribution in [0.4, 0.5) is 0 Å². The number of carbonyl (C=O) groups excluding carboxylic acids is 1. The summed E-state index contributed by atoms with van der Waals surface area (Å²) in [6.07, 6.45) is 5.63. The number of aromatic hydroxyl groups is 1. The molecule has 0 unspecified atom stereocenters. The molecule has 1 N–H and O–H groups in total. The molecule has 0 aliphatic carbocycles. The van der Waals surface area contributed by atoms with E-state index in [1.54, 1.807) is 18.2 Å². The fourth-order valence-electron chi connectivity index (χ4n) is 3.86. The van der Waals surface area contributed by atoms with Crippen LogP contribution >= 0.6 is 0 Å². The van der Waals surface area contributed by atoms with Crippen molar-refractivity contribution in [3.8, 4) is 11.7 Å². The van der Waals surface area contributed by atoms with Gasteiger partial charge < -0.3 is 14.3 Å². The molecule has 2 atom stereocenters. The van der Waals surface area contributed by atoms with Crippen LogP contribution in [0.25, 0.3) is 11.0 Å². The third-order valence-electron chi connectivity index (χ3n) is 5.62. The van der Waals surface area contributed by atoms with Crippen molar-refractivity contribution in [2.75, 3.05) is 0 Å². The summed E-state index contributed by atoms with van der Waals surface area (Å²) in [5, 5.41) is 10.1. The molecule has 0 bridgehead atoms. The fraction of sp³-hybridized carbons (Fsp3) is 0.417. The van der Waals surface area contributed by atoms with E-state index in [1.807, 2.05) is 34.6 Å². The zero-order chi connectivity index (χ0) is 21.3. The smallest absolute Gasteiger partial charge is 0.293 e. The number of benzene rings is 1. The lowest BCUT2D eigenvalue weighted by atomic mass is 9.83. The van der Waals surface area contributed by atoms with E-state index in [9.17, 15) is 14.7 Å². The Kier molecular flexibility index (Phi) is 5.69. The molecular weight excluding hydrogens is 368 g/mol. The minimum absolute atomic E-state index is 0.0105. The Bertz CT molecular complexity index is 1070. The number of fused-ring (bicyclic) bond motifs is 2. The maximum atomic E-state index is 12.9. The minimum atomic E-state index is -0.561. The lowest BCUT2D eigenvalue weighted by Crippen LogP contribution is -2.33. The van der Waals surface area contributed by atoms with E-state index in [0.717, 1.165) is 30.4 Å². The summed E-state index contributed by atoms with van der Waals surface area (Å²) in [5.41, 5.74) is 2.21. The highest BCUT2D eigenvalue weighted by atomic mass is 16.6. The Morgan fingerprint density at radius 1 is 1.24 bits per heavy atom. The van der Waals surface area contributed by atoms with Crippen molar-refractivity contribution in [2.45, 2.75) is 65.4 Å². The number of ketones is 1. The largest absolute Gasteiger partial charge is 0.508 e. The molecule has 0 spiro atoms. The maximum absolute atomic E-state index is 12.9. The summed E-state index contributed by atoms with van der Waals surface area (Å²) in [7, 11) is 0. The lowest BCUT2D eigenvalue weighted by Gasteiger charge is -2.28. The van der Waals surface area contributed by atoms with Gasteiger partial charge in [0, 0.05) is 12.0 Å². The third-order valence-corrected chi connectivity index (χ3v) is 5.62. The van der Waals surface area contributed by atoms with Gasteiger partial charge in [0.15, 0.2) is 11.2 Å². The highest BCUT2D eigenvalue weighted by Gasteiger charge is 2.45. The van der Waals surface area contributed by atoms with Crippen LogP contribution in [-0.2, 0) is 4.79 Å². The van der Waals surface area contributed by atoms with E-state index in [1.165, 1.54) is 12.1 Å². The Morgan fingerprint density at radius 2 is 1.97 bits per heavy atom. The van der Waals surface area contributed by atoms with Crippen molar-refractivity contribution in [3.63, 3.8) is 0 Å². The number of phenols is 1. The Hall–Kier alpha value is -2.82. The third kappa shape index (κ3) is 4.29. The quantitative estimate of drug-likeness (QED) is 0.661. The molecule has 3 rings (SSSR count). The second kappa shape index (κ2) is 7.90. The average molecular weight is 396 g/mol. The van der Waals surface area contributed by atoms with Crippen LogP contribution in [0.2, 0.25) is 0 Å². The maximum Gasteiger partial charge on any atom is 0.293 e. The molecule has 2 aromatic rings. The van der Waals surface area contributed by atoms with Crippen molar-refractivity contribution < 1.29 is 19.1 Å². The minimum Gasteiger partial charge on any atom is -0.508 e. The second-order valence-corrected chi connectivity index (χ2v) is 8.42. The first-order chi connectivity index (χ1) is 13.6. The summed E-state index contributed by atoms with van der Waals surface area (Å²) in [5.74, 6) is 0.174. The summed E-state index contributed by atoms with van der Waals surface area (Å²) in [6, 6.07) is 4.49. The first-order valence-corrected chi connectivity index (χ1v) is 9.95. The van der Waals surface area contributed by atoms with Gasteiger partial charge in [0.25, 0.3) is 5.95 Å². The van der Waals surface area contributed by atoms with E-state index in [4.69, 9.17) is 9.15 Å². The van der Waals surface area contributed by atoms with E-state index in [-0.39, 0.29) is 28.8 Å². The molecule has 5 nitrogen and oxygen atoms in total. The van der Waals surface area contributed by atoms with Gasteiger partial charge in [0.05, 0.1) is 10.9 Å². The number of carbonyl (C=O) groups is 1. The van der Waals surface area contributed by atoms with Crippen molar-refractivity contribution in [2.24, 2.45) is 0 Å². The van der Waals surface area contributed by atoms with Gasteiger partial charge in [-0.15, -0.1) is 0 Å². The number of rotatable bonds is 6. The van der Waals surface area contributed by atoms with Crippen LogP contribution in [-0.4, -0.2) is 16.5 Å². The van der Waals surface area contributed by atoms with Crippen LogP contribution < -0.4 is 10.2 Å². The Labute approximate surface area is 170 Å². The van der Waals surface area contributed by atoms with Gasteiger partial charge in [-0.25, -0.2) is 0 Å². The van der Waals surface area contributed by atoms with Gasteiger partial charge in [-0.2, -0.15) is 0 Å². The Morgan fingerprint density at radius 3 is 2.66 bits per heavy atom. The zero-order valence-electron chi connectivity index (χ0n) is 17.7. The lowest BCUT2D eigenvalue weighted by molar-refractivity contribution is -0.110. The number of allylic oxidation sites excluding steroid dienone is 4. The molecule has 0 saturated heterocycles. The molecule has 1 aromatic heterocycles. The van der Waals surface area contributed by atoms with E-state index >= 15 is 0 Å². The van der Waals surface area contributed by atoms with Crippen LogP contribution in [0.3, 0.4) is 0 Å². The molecule has 29 heavy (non-hydrogen) atoms. The van der Waals surface area contributed by atoms with Crippen molar-refractivity contribution in [1.82, 2.24) is 0 Å². The molecule has 5 heteroatoms. The van der Waals surface area contributed by atoms with Crippen LogP contribution in [0, 0.1) is 0 Å². The summed E-state index contributed by atoms with van der Waals surface area (Å²) in [4.78, 5) is 24.8. The van der Waals surface area contributed by atoms with Crippen LogP contribution in [0.15, 0.2) is 50.7 Å². The molecular formula is C24H28O5. The number of phenolic OH excluding ortho intramolecular Hbond substituents is 1. The summed E-state index contributed by atoms with van der Waals surface area (Å²) >= 11 is 0. The molecule has 0 fully saturated rings. The van der Waals surface area contributed by atoms with Gasteiger partial charge in [0.1, 0.15) is 16.9 Å². The summed E-state index contributed by atoms with van der Waals surface area (Å²) in [6.45, 7) is 9.73. The molecule has 1 aliphatic rings. The molecule has 1 aromatic carbocycles. The predicted octanol–water partition coefficient (Wildman–Crippen LogP) is 5.41. The van der Waals surface area contributed by atoms with Gasteiger partial charge in [-0.05, 0) is 71.2 Å². The predicted molar refractivity (Wildman–Crippen MR) is 114 cm³/mol. The number of ether oxygens (including phenoxy) is 1. The highest BCUT2D eigenvalue weighted by Crippen LogP contribution is 2.46. The fourth-order valence-corrected chi connectivity index (χ4v) is 3.86. The first kappa shape index (κ1) is 20.9. The van der Waals surface area contributed by atoms with Crippen molar-refractivity contribution in [3.05, 3.63) is 57.3 Å². The summed E-state index contributed by atoms with van der Waals surface area (Å²) < 4.78 is 11.9. The molecule has 154 valence electrons. The van der Waals surface area contributed by atoms with Gasteiger partial charge in [-0.3, -0.25) is 9.59 Å². The number of hydrogen-bond donors (Lipinski definition) is 1. The standard InChI is InChI=1S/C24H28O5/c1-14(2)11-18(26)12-15(3)7-6-10-24(5)16(4)21-22(27)19-9-8-17(25)13-20(19)28-23(21)29-24/h8-9,11-13,16,25H,6-7,10H2,1-5H3/t16-,24-/m0/s1. The highest BCUT2D eigenvalue weighted by molar-refractivity contribution is 6.00. The SMILES string of the molecule is CC(C)=CC(=O)C=C(C)CCC[C@]1(C)Oc2oc3cc(O)ccc3c(=O)c2[C@@H]1C. The first-order valence-electron chi connectivity index (χ1n) is 9.95. The van der Waals surface area contributed by atoms with Gasteiger partial charge in [-0.1, -0.05) is 18.1 Å². The second-order valence-electron chi connectivity index (χ2n) is 8.42. The van der Waals surface area contributed by atoms with E-state index in [2.05, 4.69) is 0 Å². The molecule has 1 aliphatic heterocycles. The van der Waals surface area contributed by atoms with Gasteiger partial charge in [0.2, 0.25) is 0 Å². The monoisotopic (exact) mass is 396 g/mol. The van der Waals surface area contributed by atoms with Crippen LogP contribution in [0.1, 0.15) is 65.4 Å². The molecule has 2 heterocycles. The molecule has 0 amide bonds. The van der Waals surface area contributed by atoms with E-state index < -0.39 is 5.60 Å². The zero-order valence-corrected chi connectivity index (χ0v) is 17.7. The normalized spacial score (nSPS) is 21.0.